The molecule has 2 heterocycles. The number of imidazole rings is 2. The van der Waals surface area contributed by atoms with Crippen LogP contribution in [0, 0.1) is 0 Å². The van der Waals surface area contributed by atoms with E-state index in [1.165, 1.54) is 14.6 Å². The number of aromatic nitrogens is 4. The molecule has 0 saturated heterocycles. The van der Waals surface area contributed by atoms with E-state index in [2.05, 4.69) is 9.97 Å². The van der Waals surface area contributed by atoms with Gasteiger partial charge in [-0.25, -0.2) is 19.6 Å². The lowest BCUT2D eigenvalue weighted by atomic mass is 9.79. The summed E-state index contributed by atoms with van der Waals surface area (Å²) >= 11 is 0. The van der Waals surface area contributed by atoms with E-state index in [0.29, 0.717) is 29.6 Å². The molecule has 0 aliphatic heterocycles. The summed E-state index contributed by atoms with van der Waals surface area (Å²) in [6, 6.07) is 24.9. The Hall–Kier alpha value is -5.23. The van der Waals surface area contributed by atoms with Crippen LogP contribution in [0.15, 0.2) is 97.6 Å². The van der Waals surface area contributed by atoms with Gasteiger partial charge in [-0.05, 0) is 53.0 Å². The maximum absolute atomic E-state index is 11.9. The van der Waals surface area contributed by atoms with Gasteiger partial charge in [0.1, 0.15) is 0 Å². The number of rotatable bonds is 11. The van der Waals surface area contributed by atoms with Crippen LogP contribution in [0.3, 0.4) is 0 Å². The van der Waals surface area contributed by atoms with E-state index in [-0.39, 0.29) is 5.56 Å². The maximum Gasteiger partial charge on any atom is 0.520 e. The van der Waals surface area contributed by atoms with Gasteiger partial charge in [0.25, 0.3) is 0 Å². The molecule has 1 radical (unpaired) electrons. The summed E-state index contributed by atoms with van der Waals surface area (Å²) in [4.78, 5) is 42.2. The van der Waals surface area contributed by atoms with Gasteiger partial charge in [-0.2, -0.15) is 0 Å². The van der Waals surface area contributed by atoms with Crippen molar-refractivity contribution in [2.45, 2.75) is 13.1 Å². The summed E-state index contributed by atoms with van der Waals surface area (Å²) in [5.74, 6) is -1.39. The van der Waals surface area contributed by atoms with Crippen molar-refractivity contribution in [3.8, 4) is 0 Å². The van der Waals surface area contributed by atoms with Crippen LogP contribution >= 0.6 is 0 Å². The number of esters is 1. The third kappa shape index (κ3) is 6.25. The number of ether oxygens (including phenoxy) is 1. The topological polar surface area (TPSA) is 138 Å². The molecule has 6 rings (SSSR count). The average molecular weight is 587 g/mol. The average Bonchev–Trinajstić information content (AvgIpc) is 3.64. The molecule has 0 bridgehead atoms. The van der Waals surface area contributed by atoms with Crippen molar-refractivity contribution in [3.05, 3.63) is 120 Å². The van der Waals surface area contributed by atoms with Crippen LogP contribution in [-0.4, -0.2) is 62.9 Å². The number of carbonyl (C=O) groups is 2. The van der Waals surface area contributed by atoms with Crippen molar-refractivity contribution in [3.63, 3.8) is 0 Å². The number of hydrogen-bond donors (Lipinski definition) is 2. The zero-order valence-electron chi connectivity index (χ0n) is 23.5. The Labute approximate surface area is 252 Å². The predicted molar refractivity (Wildman–Crippen MR) is 164 cm³/mol. The number of carboxylic acid groups (broad SMARTS) is 1. The molecule has 217 valence electrons. The summed E-state index contributed by atoms with van der Waals surface area (Å²) in [6.07, 6.45) is 3.40. The molecule has 0 aliphatic rings. The molecular formula is C31H25B2N4O7. The zero-order chi connectivity index (χ0) is 30.6. The highest BCUT2D eigenvalue weighted by molar-refractivity contribution is 6.60. The fourth-order valence-electron chi connectivity index (χ4n) is 4.82. The number of benzene rings is 4. The highest BCUT2D eigenvalue weighted by Crippen LogP contribution is 2.18. The standard InChI is InChI=1S/C31H25B2N4O7/c1-42-31(40)23-6-12-26-29(15-23)37(18-34-26)17-20-2-8-24(9-3-20)32-43-44-33(41)25-10-4-21(5-11-25)16-36-19-35-27-14-22(30(38)39)7-13-28(27)36/h2-15,18-19,41H,16-17H2,1H3,(H,38,39). The molecule has 0 amide bonds. The van der Waals surface area contributed by atoms with Crippen LogP contribution in [0.4, 0.5) is 0 Å². The summed E-state index contributed by atoms with van der Waals surface area (Å²) < 4.78 is 8.70. The van der Waals surface area contributed by atoms with E-state index in [1.807, 2.05) is 45.5 Å². The first-order valence-electron chi connectivity index (χ1n) is 13.6. The van der Waals surface area contributed by atoms with Crippen LogP contribution in [0.5, 0.6) is 0 Å². The number of carboxylic acids is 1. The van der Waals surface area contributed by atoms with Crippen LogP contribution < -0.4 is 10.9 Å². The number of hydrogen-bond acceptors (Lipinski definition) is 8. The fourth-order valence-corrected chi connectivity index (χ4v) is 4.82. The molecule has 11 nitrogen and oxygen atoms in total. The van der Waals surface area contributed by atoms with Crippen LogP contribution in [0.1, 0.15) is 31.8 Å². The zero-order valence-corrected chi connectivity index (χ0v) is 23.5. The second kappa shape index (κ2) is 12.6. The van der Waals surface area contributed by atoms with Crippen LogP contribution in [0.25, 0.3) is 22.1 Å². The molecule has 0 aliphatic carbocycles. The number of aromatic carboxylic acids is 1. The van der Waals surface area contributed by atoms with E-state index in [4.69, 9.17) is 14.3 Å². The van der Waals surface area contributed by atoms with Gasteiger partial charge in [-0.3, -0.25) is 4.81 Å². The van der Waals surface area contributed by atoms with E-state index < -0.39 is 19.1 Å². The van der Waals surface area contributed by atoms with Crippen molar-refractivity contribution >= 4 is 59.5 Å². The molecule has 0 atom stereocenters. The number of methoxy groups -OCH3 is 1. The third-order valence-corrected chi connectivity index (χ3v) is 7.19. The van der Waals surface area contributed by atoms with Crippen molar-refractivity contribution in [1.29, 1.82) is 0 Å². The Bertz CT molecular complexity index is 1960. The van der Waals surface area contributed by atoms with E-state index in [1.54, 1.807) is 61.2 Å². The SMILES string of the molecule is COC(=O)c1ccc2ncn(Cc3ccc([B]OOB(O)c4ccc(Cn5cnc6cc(C(=O)O)ccc65)cc4)cc3)c2c1. The molecular weight excluding hydrogens is 562 g/mol. The molecule has 0 saturated carbocycles. The third-order valence-electron chi connectivity index (χ3n) is 7.19. The molecule has 2 aromatic heterocycles. The van der Waals surface area contributed by atoms with Crippen molar-refractivity contribution in [2.24, 2.45) is 0 Å². The first-order chi connectivity index (χ1) is 21.4. The smallest absolute Gasteiger partial charge is 0.478 e. The van der Waals surface area contributed by atoms with Crippen molar-refractivity contribution in [2.75, 3.05) is 7.11 Å². The summed E-state index contributed by atoms with van der Waals surface area (Å²) in [7, 11) is 1.45. The highest BCUT2D eigenvalue weighted by atomic mass is 17.2. The van der Waals surface area contributed by atoms with E-state index in [9.17, 15) is 19.7 Å². The van der Waals surface area contributed by atoms with Gasteiger partial charge in [0.2, 0.25) is 0 Å². The Balaban J connectivity index is 1.01. The van der Waals surface area contributed by atoms with Crippen molar-refractivity contribution in [1.82, 2.24) is 19.1 Å². The summed E-state index contributed by atoms with van der Waals surface area (Å²) in [5.41, 5.74) is 6.92. The van der Waals surface area contributed by atoms with Gasteiger partial charge < -0.3 is 28.8 Å². The second-order valence-electron chi connectivity index (χ2n) is 10.1. The highest BCUT2D eigenvalue weighted by Gasteiger charge is 2.18. The lowest BCUT2D eigenvalue weighted by Crippen LogP contribution is -2.35. The quantitative estimate of drug-likeness (QED) is 0.101. The molecule has 4 aromatic carbocycles. The van der Waals surface area contributed by atoms with Gasteiger partial charge in [-0.15, -0.1) is 0 Å². The number of carbonyl (C=O) groups excluding carboxylic acids is 1. The number of nitrogens with zero attached hydrogens (tertiary/aromatic N) is 4. The monoisotopic (exact) mass is 587 g/mol. The van der Waals surface area contributed by atoms with Gasteiger partial charge in [0.05, 0.1) is 53.0 Å². The Morgan fingerprint density at radius 3 is 2.11 bits per heavy atom. The molecule has 6 aromatic rings. The maximum atomic E-state index is 11.9. The Morgan fingerprint density at radius 1 is 0.795 bits per heavy atom. The minimum Gasteiger partial charge on any atom is -0.478 e. The minimum absolute atomic E-state index is 0.190. The Kier molecular flexibility index (Phi) is 8.24. The molecule has 13 heteroatoms. The first kappa shape index (κ1) is 28.9. The van der Waals surface area contributed by atoms with E-state index in [0.717, 1.165) is 33.1 Å². The van der Waals surface area contributed by atoms with Crippen LogP contribution in [-0.2, 0) is 27.4 Å². The van der Waals surface area contributed by atoms with Gasteiger partial charge in [-0.1, -0.05) is 54.0 Å². The molecule has 2 N–H and O–H groups in total. The largest absolute Gasteiger partial charge is 0.520 e. The molecule has 0 spiro atoms. The molecule has 44 heavy (non-hydrogen) atoms. The van der Waals surface area contributed by atoms with Crippen LogP contribution in [0.2, 0.25) is 0 Å². The normalized spacial score (nSPS) is 11.1. The van der Waals surface area contributed by atoms with Gasteiger partial charge in [0.15, 0.2) is 0 Å². The first-order valence-corrected chi connectivity index (χ1v) is 13.6. The lowest BCUT2D eigenvalue weighted by molar-refractivity contribution is -0.114. The summed E-state index contributed by atoms with van der Waals surface area (Å²) in [5, 5.41) is 19.6. The second-order valence-corrected chi connectivity index (χ2v) is 10.1. The predicted octanol–water partition coefficient (Wildman–Crippen LogP) is 2.55. The number of fused-ring (bicyclic) bond motifs is 2. The minimum atomic E-state index is -1.30. The van der Waals surface area contributed by atoms with Gasteiger partial charge in [0, 0.05) is 13.1 Å². The van der Waals surface area contributed by atoms with Gasteiger partial charge >= 0.3 is 26.5 Å². The molecule has 0 unspecified atom stereocenters. The van der Waals surface area contributed by atoms with Crippen molar-refractivity contribution < 1.29 is 34.1 Å². The summed E-state index contributed by atoms with van der Waals surface area (Å²) in [6.45, 7) is 1.07. The molecule has 0 fully saturated rings. The Morgan fingerprint density at radius 2 is 1.43 bits per heavy atom. The van der Waals surface area contributed by atoms with E-state index >= 15 is 0 Å². The fraction of sp³-hybridized carbons (Fsp3) is 0.0968. The lowest BCUT2D eigenvalue weighted by Gasteiger charge is -2.10.